The highest BCUT2D eigenvalue weighted by Crippen LogP contribution is 2.36. The Morgan fingerprint density at radius 3 is 2.17 bits per heavy atom. The number of halogens is 5. The molecule has 1 aromatic rings. The summed E-state index contributed by atoms with van der Waals surface area (Å²) < 4.78 is 37.2. The number of amides is 1. The van der Waals surface area contributed by atoms with Gasteiger partial charge in [0.25, 0.3) is 5.69 Å². The highest BCUT2D eigenvalue weighted by atomic mass is 35.5. The summed E-state index contributed by atoms with van der Waals surface area (Å²) >= 11 is 11.8. The van der Waals surface area contributed by atoms with Crippen LogP contribution in [-0.4, -0.2) is 48.1 Å². The van der Waals surface area contributed by atoms with Crippen molar-refractivity contribution in [3.63, 3.8) is 0 Å². The predicted molar refractivity (Wildman–Crippen MR) is 78.0 cm³/mol. The van der Waals surface area contributed by atoms with Gasteiger partial charge in [0, 0.05) is 32.2 Å². The van der Waals surface area contributed by atoms with Gasteiger partial charge in [-0.15, -0.1) is 0 Å². The van der Waals surface area contributed by atoms with Crippen LogP contribution >= 0.6 is 23.2 Å². The Morgan fingerprint density at radius 2 is 1.70 bits per heavy atom. The number of carbonyl (C=O) groups excluding carboxylic acids is 1. The van der Waals surface area contributed by atoms with E-state index < -0.39 is 17.0 Å². The Bertz CT molecular complexity index is 646. The van der Waals surface area contributed by atoms with Crippen molar-refractivity contribution < 1.29 is 22.9 Å². The molecular formula is C12H10Cl2F3N3O3. The molecular weight excluding hydrogens is 362 g/mol. The van der Waals surface area contributed by atoms with Crippen molar-refractivity contribution >= 4 is 40.5 Å². The van der Waals surface area contributed by atoms with E-state index in [4.69, 9.17) is 23.2 Å². The minimum Gasteiger partial charge on any atom is -0.367 e. The average Bonchev–Trinajstić information content (AvgIpc) is 2.47. The molecule has 1 aromatic carbocycles. The second-order valence-electron chi connectivity index (χ2n) is 4.79. The van der Waals surface area contributed by atoms with Gasteiger partial charge in [0.2, 0.25) is 0 Å². The van der Waals surface area contributed by atoms with Crippen molar-refractivity contribution in [2.24, 2.45) is 0 Å². The molecule has 1 heterocycles. The van der Waals surface area contributed by atoms with E-state index in [-0.39, 0.29) is 41.9 Å². The van der Waals surface area contributed by atoms with Crippen LogP contribution < -0.4 is 4.90 Å². The Hall–Kier alpha value is -1.74. The number of alkyl halides is 3. The summed E-state index contributed by atoms with van der Waals surface area (Å²) in [5, 5.41) is 10.7. The number of nitrogens with zero attached hydrogens (tertiary/aromatic N) is 3. The molecule has 0 unspecified atom stereocenters. The second-order valence-corrected chi connectivity index (χ2v) is 5.60. The van der Waals surface area contributed by atoms with Crippen LogP contribution in [0.25, 0.3) is 0 Å². The fourth-order valence-corrected chi connectivity index (χ4v) is 2.74. The number of benzene rings is 1. The molecule has 0 N–H and O–H groups in total. The molecule has 126 valence electrons. The molecule has 0 spiro atoms. The van der Waals surface area contributed by atoms with E-state index in [1.165, 1.54) is 6.07 Å². The van der Waals surface area contributed by atoms with E-state index in [2.05, 4.69) is 0 Å². The van der Waals surface area contributed by atoms with E-state index in [0.29, 0.717) is 10.6 Å². The third-order valence-corrected chi connectivity index (χ3v) is 3.97. The van der Waals surface area contributed by atoms with Gasteiger partial charge in [-0.25, -0.2) is 0 Å². The summed E-state index contributed by atoms with van der Waals surface area (Å²) in [5.74, 6) is -1.88. The number of carbonyl (C=O) groups is 1. The Morgan fingerprint density at radius 1 is 1.13 bits per heavy atom. The van der Waals surface area contributed by atoms with Crippen LogP contribution in [0.1, 0.15) is 0 Å². The van der Waals surface area contributed by atoms with E-state index in [9.17, 15) is 28.1 Å². The quantitative estimate of drug-likeness (QED) is 0.591. The molecule has 0 saturated carbocycles. The molecule has 2 rings (SSSR count). The maximum absolute atomic E-state index is 12.4. The molecule has 23 heavy (non-hydrogen) atoms. The van der Waals surface area contributed by atoms with Gasteiger partial charge in [-0.1, -0.05) is 23.2 Å². The smallest absolute Gasteiger partial charge is 0.367 e. The fourth-order valence-electron chi connectivity index (χ4n) is 2.24. The first-order valence-corrected chi connectivity index (χ1v) is 7.11. The van der Waals surface area contributed by atoms with Gasteiger partial charge in [-0.3, -0.25) is 14.9 Å². The third kappa shape index (κ3) is 3.78. The van der Waals surface area contributed by atoms with Crippen LogP contribution in [-0.2, 0) is 4.79 Å². The maximum atomic E-state index is 12.4. The zero-order chi connectivity index (χ0) is 17.4. The van der Waals surface area contributed by atoms with Crippen LogP contribution in [0.2, 0.25) is 10.0 Å². The van der Waals surface area contributed by atoms with Crippen molar-refractivity contribution in [2.45, 2.75) is 6.18 Å². The van der Waals surface area contributed by atoms with E-state index in [0.717, 1.165) is 6.07 Å². The number of rotatable bonds is 2. The Kier molecular flexibility index (Phi) is 4.90. The van der Waals surface area contributed by atoms with Crippen LogP contribution in [0.15, 0.2) is 12.1 Å². The standard InChI is InChI=1S/C12H10Cl2F3N3O3/c13-7-6-10(20(22)23)8(14)5-9(7)18-1-3-19(4-2-18)11(21)12(15,16)17/h5-6H,1-4H2. The van der Waals surface area contributed by atoms with Crippen molar-refractivity contribution in [1.29, 1.82) is 0 Å². The number of nitro benzene ring substituents is 1. The minimum absolute atomic E-state index is 0.0664. The molecule has 6 nitrogen and oxygen atoms in total. The van der Waals surface area contributed by atoms with Gasteiger partial charge < -0.3 is 9.80 Å². The van der Waals surface area contributed by atoms with E-state index in [1.807, 2.05) is 0 Å². The highest BCUT2D eigenvalue weighted by molar-refractivity contribution is 6.36. The third-order valence-electron chi connectivity index (χ3n) is 3.36. The minimum atomic E-state index is -4.91. The topological polar surface area (TPSA) is 66.7 Å². The lowest BCUT2D eigenvalue weighted by Crippen LogP contribution is -2.52. The van der Waals surface area contributed by atoms with Crippen LogP contribution in [0.4, 0.5) is 24.5 Å². The van der Waals surface area contributed by atoms with Crippen molar-refractivity contribution in [3.8, 4) is 0 Å². The summed E-state index contributed by atoms with van der Waals surface area (Å²) in [4.78, 5) is 23.6. The van der Waals surface area contributed by atoms with Gasteiger partial charge in [-0.2, -0.15) is 13.2 Å². The molecule has 0 aliphatic carbocycles. The normalized spacial score (nSPS) is 15.7. The molecule has 11 heteroatoms. The molecule has 0 radical (unpaired) electrons. The molecule has 0 aromatic heterocycles. The zero-order valence-electron chi connectivity index (χ0n) is 11.4. The van der Waals surface area contributed by atoms with Crippen LogP contribution in [0.5, 0.6) is 0 Å². The summed E-state index contributed by atoms with van der Waals surface area (Å²) in [6.07, 6.45) is -4.91. The van der Waals surface area contributed by atoms with Gasteiger partial charge in [0.1, 0.15) is 5.02 Å². The SMILES string of the molecule is O=C(N1CCN(c2cc(Cl)c([N+](=O)[O-])cc2Cl)CC1)C(F)(F)F. The lowest BCUT2D eigenvalue weighted by Gasteiger charge is -2.36. The monoisotopic (exact) mass is 371 g/mol. The number of anilines is 1. The fraction of sp³-hybridized carbons (Fsp3) is 0.417. The Labute approximate surface area is 138 Å². The second kappa shape index (κ2) is 6.40. The number of nitro groups is 1. The predicted octanol–water partition coefficient (Wildman–Crippen LogP) is 3.11. The summed E-state index contributed by atoms with van der Waals surface area (Å²) in [5.41, 5.74) is 0.0210. The lowest BCUT2D eigenvalue weighted by molar-refractivity contribution is -0.384. The lowest BCUT2D eigenvalue weighted by atomic mass is 10.2. The van der Waals surface area contributed by atoms with Gasteiger partial charge in [-0.05, 0) is 6.07 Å². The van der Waals surface area contributed by atoms with Gasteiger partial charge in [0.05, 0.1) is 15.6 Å². The summed E-state index contributed by atoms with van der Waals surface area (Å²) in [6.45, 7) is -0.0576. The zero-order valence-corrected chi connectivity index (χ0v) is 13.0. The number of piperazine rings is 1. The van der Waals surface area contributed by atoms with Gasteiger partial charge in [0.15, 0.2) is 0 Å². The summed E-state index contributed by atoms with van der Waals surface area (Å²) in [7, 11) is 0. The van der Waals surface area contributed by atoms with E-state index in [1.54, 1.807) is 4.90 Å². The van der Waals surface area contributed by atoms with E-state index >= 15 is 0 Å². The van der Waals surface area contributed by atoms with Crippen molar-refractivity contribution in [2.75, 3.05) is 31.1 Å². The molecule has 0 atom stereocenters. The first-order valence-electron chi connectivity index (χ1n) is 6.35. The molecule has 1 fully saturated rings. The molecule has 1 aliphatic rings. The average molecular weight is 372 g/mol. The number of hydrogen-bond acceptors (Lipinski definition) is 4. The summed E-state index contributed by atoms with van der Waals surface area (Å²) in [6, 6.07) is 2.38. The Balaban J connectivity index is 2.13. The highest BCUT2D eigenvalue weighted by Gasteiger charge is 2.43. The van der Waals surface area contributed by atoms with Crippen LogP contribution in [0, 0.1) is 10.1 Å². The molecule has 1 aliphatic heterocycles. The maximum Gasteiger partial charge on any atom is 0.471 e. The van der Waals surface area contributed by atoms with Crippen LogP contribution in [0.3, 0.4) is 0 Å². The van der Waals surface area contributed by atoms with Crippen molar-refractivity contribution in [3.05, 3.63) is 32.3 Å². The molecule has 0 bridgehead atoms. The first-order chi connectivity index (χ1) is 10.6. The van der Waals surface area contributed by atoms with Crippen molar-refractivity contribution in [1.82, 2.24) is 4.90 Å². The van der Waals surface area contributed by atoms with Gasteiger partial charge >= 0.3 is 12.1 Å². The molecule has 1 amide bonds. The first kappa shape index (κ1) is 17.6. The molecule has 1 saturated heterocycles. The largest absolute Gasteiger partial charge is 0.471 e. The number of hydrogen-bond donors (Lipinski definition) is 0.